The van der Waals surface area contributed by atoms with Gasteiger partial charge < -0.3 is 19.3 Å². The van der Waals surface area contributed by atoms with Crippen LogP contribution in [0, 0.1) is 11.7 Å². The Kier molecular flexibility index (Phi) is 5.68. The number of benzene rings is 1. The topological polar surface area (TPSA) is 42.0 Å². The summed E-state index contributed by atoms with van der Waals surface area (Å²) < 4.78 is 24.8. The Morgan fingerprint density at radius 2 is 2.08 bits per heavy atom. The molecule has 0 N–H and O–H groups in total. The second-order valence-corrected chi connectivity index (χ2v) is 6.36. The van der Waals surface area contributed by atoms with E-state index in [4.69, 9.17) is 9.47 Å². The lowest BCUT2D eigenvalue weighted by Crippen LogP contribution is -2.36. The van der Waals surface area contributed by atoms with Crippen LogP contribution in [0.4, 0.5) is 10.1 Å². The second-order valence-electron chi connectivity index (χ2n) is 6.36. The first kappa shape index (κ1) is 17.2. The smallest absolute Gasteiger partial charge is 0.254 e. The van der Waals surface area contributed by atoms with Gasteiger partial charge in [0.05, 0.1) is 19.8 Å². The number of carbonyl (C=O) groups is 1. The van der Waals surface area contributed by atoms with Crippen LogP contribution in [0.25, 0.3) is 0 Å². The first-order chi connectivity index (χ1) is 11.7. The van der Waals surface area contributed by atoms with Crippen molar-refractivity contribution < 1.29 is 18.7 Å². The standard InChI is InChI=1S/C18H25FN2O3/c1-2-23-13-14-3-4-21(12-14)18(22)15-9-16(19)11-17(10-15)20-5-7-24-8-6-20/h9-11,14H,2-8,12-13H2,1H3/t14-/m1/s1. The van der Waals surface area contributed by atoms with Crippen LogP contribution in [0.15, 0.2) is 18.2 Å². The molecule has 1 atom stereocenters. The zero-order valence-corrected chi connectivity index (χ0v) is 14.2. The maximum absolute atomic E-state index is 14.0. The molecule has 1 aromatic carbocycles. The number of rotatable bonds is 5. The molecular formula is C18H25FN2O3. The van der Waals surface area contributed by atoms with Gasteiger partial charge in [-0.3, -0.25) is 4.79 Å². The van der Waals surface area contributed by atoms with Gasteiger partial charge in [-0.2, -0.15) is 0 Å². The molecule has 2 aliphatic rings. The molecular weight excluding hydrogens is 311 g/mol. The van der Waals surface area contributed by atoms with Gasteiger partial charge in [-0.05, 0) is 31.5 Å². The molecule has 1 amide bonds. The van der Waals surface area contributed by atoms with E-state index in [1.807, 2.05) is 11.8 Å². The fourth-order valence-corrected chi connectivity index (χ4v) is 3.32. The predicted octanol–water partition coefficient (Wildman–Crippen LogP) is 2.16. The Hall–Kier alpha value is -1.66. The maximum Gasteiger partial charge on any atom is 0.254 e. The zero-order valence-electron chi connectivity index (χ0n) is 14.2. The third-order valence-electron chi connectivity index (χ3n) is 4.64. The van der Waals surface area contributed by atoms with E-state index in [-0.39, 0.29) is 11.7 Å². The van der Waals surface area contributed by atoms with Crippen LogP contribution in [0.1, 0.15) is 23.7 Å². The molecule has 2 fully saturated rings. The highest BCUT2D eigenvalue weighted by atomic mass is 19.1. The van der Waals surface area contributed by atoms with Gasteiger partial charge in [-0.1, -0.05) is 0 Å². The fraction of sp³-hybridized carbons (Fsp3) is 0.611. The Labute approximate surface area is 142 Å². The molecule has 1 aromatic rings. The molecule has 0 spiro atoms. The van der Waals surface area contributed by atoms with Crippen LogP contribution in [-0.2, 0) is 9.47 Å². The van der Waals surface area contributed by atoms with Crippen molar-refractivity contribution in [2.45, 2.75) is 13.3 Å². The average molecular weight is 336 g/mol. The van der Waals surface area contributed by atoms with E-state index in [0.717, 1.165) is 25.2 Å². The minimum atomic E-state index is -0.368. The van der Waals surface area contributed by atoms with Crippen LogP contribution in [0.5, 0.6) is 0 Å². The SMILES string of the molecule is CCOC[C@@H]1CCN(C(=O)c2cc(F)cc(N3CCOCC3)c2)C1. The first-order valence-corrected chi connectivity index (χ1v) is 8.67. The third kappa shape index (κ3) is 4.05. The number of carbonyl (C=O) groups excluding carboxylic acids is 1. The molecule has 5 nitrogen and oxygen atoms in total. The summed E-state index contributed by atoms with van der Waals surface area (Å²) in [6, 6.07) is 4.62. The molecule has 132 valence electrons. The largest absolute Gasteiger partial charge is 0.381 e. The molecule has 0 saturated carbocycles. The number of morpholine rings is 1. The molecule has 0 radical (unpaired) electrons. The summed E-state index contributed by atoms with van der Waals surface area (Å²) in [5, 5.41) is 0. The summed E-state index contributed by atoms with van der Waals surface area (Å²) in [5.74, 6) is -0.0865. The fourth-order valence-electron chi connectivity index (χ4n) is 3.32. The van der Waals surface area contributed by atoms with E-state index >= 15 is 0 Å². The highest BCUT2D eigenvalue weighted by molar-refractivity contribution is 5.95. The molecule has 2 aliphatic heterocycles. The van der Waals surface area contributed by atoms with Gasteiger partial charge in [0.1, 0.15) is 5.82 Å². The molecule has 24 heavy (non-hydrogen) atoms. The Bertz CT molecular complexity index is 575. The summed E-state index contributed by atoms with van der Waals surface area (Å²) in [6.45, 7) is 7.43. The normalized spacial score (nSPS) is 21.3. The second kappa shape index (κ2) is 7.94. The van der Waals surface area contributed by atoms with Crippen LogP contribution >= 0.6 is 0 Å². The Morgan fingerprint density at radius 1 is 1.29 bits per heavy atom. The molecule has 2 heterocycles. The highest BCUT2D eigenvalue weighted by Crippen LogP contribution is 2.24. The molecule has 0 aliphatic carbocycles. The predicted molar refractivity (Wildman–Crippen MR) is 89.9 cm³/mol. The van der Waals surface area contributed by atoms with Gasteiger partial charge in [-0.25, -0.2) is 4.39 Å². The van der Waals surface area contributed by atoms with E-state index < -0.39 is 0 Å². The molecule has 0 unspecified atom stereocenters. The van der Waals surface area contributed by atoms with E-state index in [1.54, 1.807) is 6.07 Å². The average Bonchev–Trinajstić information content (AvgIpc) is 3.08. The van der Waals surface area contributed by atoms with Crippen molar-refractivity contribution >= 4 is 11.6 Å². The van der Waals surface area contributed by atoms with Crippen LogP contribution < -0.4 is 4.90 Å². The van der Waals surface area contributed by atoms with Crippen molar-refractivity contribution in [2.24, 2.45) is 5.92 Å². The number of anilines is 1. The summed E-state index contributed by atoms with van der Waals surface area (Å²) in [7, 11) is 0. The Morgan fingerprint density at radius 3 is 2.83 bits per heavy atom. The number of likely N-dealkylation sites (tertiary alicyclic amines) is 1. The lowest BCUT2D eigenvalue weighted by Gasteiger charge is -2.29. The summed E-state index contributed by atoms with van der Waals surface area (Å²) in [4.78, 5) is 16.6. The zero-order chi connectivity index (χ0) is 16.9. The molecule has 0 bridgehead atoms. The van der Waals surface area contributed by atoms with Gasteiger partial charge in [-0.15, -0.1) is 0 Å². The van der Waals surface area contributed by atoms with Crippen molar-refractivity contribution in [1.29, 1.82) is 0 Å². The Balaban J connectivity index is 1.69. The van der Waals surface area contributed by atoms with Crippen molar-refractivity contribution in [2.75, 3.05) is 57.5 Å². The van der Waals surface area contributed by atoms with Crippen LogP contribution in [0.3, 0.4) is 0 Å². The summed E-state index contributed by atoms with van der Waals surface area (Å²) in [6.07, 6.45) is 0.942. The number of hydrogen-bond acceptors (Lipinski definition) is 4. The van der Waals surface area contributed by atoms with Crippen molar-refractivity contribution in [3.8, 4) is 0 Å². The van der Waals surface area contributed by atoms with Crippen LogP contribution in [-0.4, -0.2) is 63.4 Å². The quantitative estimate of drug-likeness (QED) is 0.826. The highest BCUT2D eigenvalue weighted by Gasteiger charge is 2.27. The number of hydrogen-bond donors (Lipinski definition) is 0. The summed E-state index contributed by atoms with van der Waals surface area (Å²) in [5.41, 5.74) is 1.18. The van der Waals surface area contributed by atoms with Crippen molar-refractivity contribution in [3.05, 3.63) is 29.6 Å². The van der Waals surface area contributed by atoms with Gasteiger partial charge >= 0.3 is 0 Å². The maximum atomic E-state index is 14.0. The first-order valence-electron chi connectivity index (χ1n) is 8.67. The van der Waals surface area contributed by atoms with Crippen molar-refractivity contribution in [3.63, 3.8) is 0 Å². The molecule has 2 saturated heterocycles. The summed E-state index contributed by atoms with van der Waals surface area (Å²) >= 11 is 0. The van der Waals surface area contributed by atoms with E-state index in [0.29, 0.717) is 51.0 Å². The van der Waals surface area contributed by atoms with Gasteiger partial charge in [0.15, 0.2) is 0 Å². The van der Waals surface area contributed by atoms with Gasteiger partial charge in [0.25, 0.3) is 5.91 Å². The van der Waals surface area contributed by atoms with E-state index in [2.05, 4.69) is 4.90 Å². The van der Waals surface area contributed by atoms with Crippen LogP contribution in [0.2, 0.25) is 0 Å². The number of nitrogens with zero attached hydrogens (tertiary/aromatic N) is 2. The number of ether oxygens (including phenoxy) is 2. The number of amides is 1. The lowest BCUT2D eigenvalue weighted by atomic mass is 10.1. The molecule has 0 aromatic heterocycles. The third-order valence-corrected chi connectivity index (χ3v) is 4.64. The lowest BCUT2D eigenvalue weighted by molar-refractivity contribution is 0.0762. The monoisotopic (exact) mass is 336 g/mol. The minimum Gasteiger partial charge on any atom is -0.381 e. The molecule has 6 heteroatoms. The van der Waals surface area contributed by atoms with E-state index in [1.165, 1.54) is 12.1 Å². The van der Waals surface area contributed by atoms with Gasteiger partial charge in [0, 0.05) is 50.0 Å². The number of halogens is 1. The molecule has 3 rings (SSSR count). The van der Waals surface area contributed by atoms with Gasteiger partial charge in [0.2, 0.25) is 0 Å². The van der Waals surface area contributed by atoms with E-state index in [9.17, 15) is 9.18 Å². The van der Waals surface area contributed by atoms with Crippen molar-refractivity contribution in [1.82, 2.24) is 4.90 Å². The minimum absolute atomic E-state index is 0.0944.